The van der Waals surface area contributed by atoms with Gasteiger partial charge in [-0.05, 0) is 60.6 Å². The number of imide groups is 1. The summed E-state index contributed by atoms with van der Waals surface area (Å²) in [6.07, 6.45) is 1.46. The largest absolute Gasteiger partial charge is 0.457 e. The first-order valence-electron chi connectivity index (χ1n) is 9.27. The van der Waals surface area contributed by atoms with Crippen molar-refractivity contribution >= 4 is 46.3 Å². The Morgan fingerprint density at radius 1 is 1.19 bits per heavy atom. The van der Waals surface area contributed by atoms with Gasteiger partial charge in [0.1, 0.15) is 17.3 Å². The maximum atomic E-state index is 13.2. The van der Waals surface area contributed by atoms with E-state index >= 15 is 0 Å². The lowest BCUT2D eigenvalue weighted by Gasteiger charge is -2.13. The Labute approximate surface area is 190 Å². The van der Waals surface area contributed by atoms with Crippen molar-refractivity contribution in [3.05, 3.63) is 91.3 Å². The molecular formula is C22H14ClFN2O5S. The highest BCUT2D eigenvalue weighted by Crippen LogP contribution is 2.35. The van der Waals surface area contributed by atoms with Gasteiger partial charge in [0, 0.05) is 28.3 Å². The lowest BCUT2D eigenvalue weighted by Crippen LogP contribution is -2.27. The first kappa shape index (κ1) is 21.8. The summed E-state index contributed by atoms with van der Waals surface area (Å²) in [6.45, 7) is 1.56. The standard InChI is InChI=1S/C22H14ClFN2O5S/c1-12-8-13(3-6-18(12)26(29)30)19-7-5-16(31-19)10-20-21(27)25(22(28)32-20)11-14-2-4-15(24)9-17(14)23/h2-10H,11H2,1H3/b20-10-. The van der Waals surface area contributed by atoms with Crippen LogP contribution in [0.4, 0.5) is 14.9 Å². The Bertz CT molecular complexity index is 1300. The van der Waals surface area contributed by atoms with E-state index in [0.717, 1.165) is 22.7 Å². The molecule has 2 amide bonds. The van der Waals surface area contributed by atoms with Crippen LogP contribution in [-0.2, 0) is 11.3 Å². The molecule has 0 aliphatic carbocycles. The Morgan fingerprint density at radius 2 is 1.97 bits per heavy atom. The molecule has 1 fully saturated rings. The van der Waals surface area contributed by atoms with Gasteiger partial charge in [0.25, 0.3) is 16.8 Å². The number of nitro groups is 1. The molecule has 0 radical (unpaired) electrons. The topological polar surface area (TPSA) is 93.7 Å². The molecule has 32 heavy (non-hydrogen) atoms. The molecule has 0 saturated carbocycles. The zero-order valence-electron chi connectivity index (χ0n) is 16.5. The van der Waals surface area contributed by atoms with Crippen molar-refractivity contribution in [2.45, 2.75) is 13.5 Å². The number of furan rings is 1. The van der Waals surface area contributed by atoms with Crippen LogP contribution in [0.3, 0.4) is 0 Å². The number of rotatable bonds is 5. The summed E-state index contributed by atoms with van der Waals surface area (Å²) in [5.41, 5.74) is 1.60. The highest BCUT2D eigenvalue weighted by atomic mass is 35.5. The number of hydrogen-bond acceptors (Lipinski definition) is 6. The van der Waals surface area contributed by atoms with Crippen LogP contribution in [0.15, 0.2) is 57.9 Å². The van der Waals surface area contributed by atoms with Crippen LogP contribution in [0.25, 0.3) is 17.4 Å². The maximum absolute atomic E-state index is 13.2. The Kier molecular flexibility index (Phi) is 5.86. The van der Waals surface area contributed by atoms with E-state index in [0.29, 0.717) is 28.2 Å². The van der Waals surface area contributed by atoms with Gasteiger partial charge in [-0.25, -0.2) is 4.39 Å². The number of aryl methyl sites for hydroxylation is 1. The second-order valence-corrected chi connectivity index (χ2v) is 8.36. The van der Waals surface area contributed by atoms with E-state index in [1.807, 2.05) is 0 Å². The molecule has 0 N–H and O–H groups in total. The number of nitrogens with zero attached hydrogens (tertiary/aromatic N) is 2. The predicted molar refractivity (Wildman–Crippen MR) is 118 cm³/mol. The van der Waals surface area contributed by atoms with E-state index in [-0.39, 0.29) is 22.2 Å². The number of amides is 2. The Morgan fingerprint density at radius 3 is 2.66 bits per heavy atom. The summed E-state index contributed by atoms with van der Waals surface area (Å²) in [7, 11) is 0. The zero-order valence-corrected chi connectivity index (χ0v) is 18.1. The second kappa shape index (κ2) is 8.60. The predicted octanol–water partition coefficient (Wildman–Crippen LogP) is 6.19. The van der Waals surface area contributed by atoms with Crippen molar-refractivity contribution in [2.24, 2.45) is 0 Å². The number of hydrogen-bond donors (Lipinski definition) is 0. The van der Waals surface area contributed by atoms with Gasteiger partial charge in [-0.3, -0.25) is 24.6 Å². The summed E-state index contributed by atoms with van der Waals surface area (Å²) in [4.78, 5) is 36.8. The molecule has 0 spiro atoms. The highest BCUT2D eigenvalue weighted by Gasteiger charge is 2.35. The minimum Gasteiger partial charge on any atom is -0.457 e. The first-order chi connectivity index (χ1) is 15.2. The quantitative estimate of drug-likeness (QED) is 0.249. The molecule has 3 aromatic rings. The molecular weight excluding hydrogens is 459 g/mol. The van der Waals surface area contributed by atoms with Crippen molar-refractivity contribution in [1.29, 1.82) is 0 Å². The normalized spacial score (nSPS) is 15.1. The fraction of sp³-hybridized carbons (Fsp3) is 0.0909. The molecule has 0 bridgehead atoms. The molecule has 7 nitrogen and oxygen atoms in total. The molecule has 1 saturated heterocycles. The smallest absolute Gasteiger partial charge is 0.293 e. The van der Waals surface area contributed by atoms with Crippen molar-refractivity contribution < 1.29 is 23.3 Å². The van der Waals surface area contributed by atoms with Crippen molar-refractivity contribution in [3.63, 3.8) is 0 Å². The summed E-state index contributed by atoms with van der Waals surface area (Å²) in [6, 6.07) is 11.7. The van der Waals surface area contributed by atoms with Gasteiger partial charge in [0.15, 0.2) is 0 Å². The number of nitro benzene ring substituents is 1. The van der Waals surface area contributed by atoms with Gasteiger partial charge in [0.05, 0.1) is 16.4 Å². The van der Waals surface area contributed by atoms with Crippen LogP contribution in [0.2, 0.25) is 5.02 Å². The summed E-state index contributed by atoms with van der Waals surface area (Å²) >= 11 is 6.77. The number of benzene rings is 2. The highest BCUT2D eigenvalue weighted by molar-refractivity contribution is 8.18. The van der Waals surface area contributed by atoms with Crippen LogP contribution in [0.1, 0.15) is 16.9 Å². The Balaban J connectivity index is 1.54. The lowest BCUT2D eigenvalue weighted by molar-refractivity contribution is -0.385. The van der Waals surface area contributed by atoms with E-state index in [1.165, 1.54) is 24.3 Å². The van der Waals surface area contributed by atoms with Crippen LogP contribution in [0.5, 0.6) is 0 Å². The minimum atomic E-state index is -0.510. The lowest BCUT2D eigenvalue weighted by atomic mass is 10.1. The minimum absolute atomic E-state index is 0.00969. The molecule has 162 valence electrons. The first-order valence-corrected chi connectivity index (χ1v) is 10.5. The van der Waals surface area contributed by atoms with Crippen LogP contribution in [-0.4, -0.2) is 21.0 Å². The van der Waals surface area contributed by atoms with Crippen LogP contribution < -0.4 is 0 Å². The third-order valence-electron chi connectivity index (χ3n) is 4.80. The van der Waals surface area contributed by atoms with Gasteiger partial charge in [-0.2, -0.15) is 0 Å². The molecule has 10 heteroatoms. The molecule has 2 aromatic carbocycles. The zero-order chi connectivity index (χ0) is 23.0. The summed E-state index contributed by atoms with van der Waals surface area (Å²) in [5, 5.41) is 10.6. The van der Waals surface area contributed by atoms with Crippen LogP contribution >= 0.6 is 23.4 Å². The summed E-state index contributed by atoms with van der Waals surface area (Å²) in [5.74, 6) is -0.206. The van der Waals surface area contributed by atoms with Crippen molar-refractivity contribution in [3.8, 4) is 11.3 Å². The second-order valence-electron chi connectivity index (χ2n) is 6.96. The summed E-state index contributed by atoms with van der Waals surface area (Å²) < 4.78 is 19.0. The average Bonchev–Trinajstić information content (AvgIpc) is 3.30. The average molecular weight is 473 g/mol. The third kappa shape index (κ3) is 4.30. The van der Waals surface area contributed by atoms with Gasteiger partial charge < -0.3 is 4.42 Å². The molecule has 4 rings (SSSR count). The maximum Gasteiger partial charge on any atom is 0.293 e. The number of carbonyl (C=O) groups is 2. The van der Waals surface area contributed by atoms with Gasteiger partial charge in [-0.1, -0.05) is 17.7 Å². The van der Waals surface area contributed by atoms with Crippen molar-refractivity contribution in [1.82, 2.24) is 4.90 Å². The van der Waals surface area contributed by atoms with E-state index in [1.54, 1.807) is 31.2 Å². The molecule has 1 aromatic heterocycles. The van der Waals surface area contributed by atoms with E-state index in [2.05, 4.69) is 0 Å². The number of thioether (sulfide) groups is 1. The van der Waals surface area contributed by atoms with Crippen molar-refractivity contribution in [2.75, 3.05) is 0 Å². The van der Waals surface area contributed by atoms with E-state index in [4.69, 9.17) is 16.0 Å². The molecule has 0 atom stereocenters. The number of carbonyl (C=O) groups excluding carboxylic acids is 2. The van der Waals surface area contributed by atoms with Gasteiger partial charge >= 0.3 is 0 Å². The van der Waals surface area contributed by atoms with Crippen LogP contribution in [0, 0.1) is 22.9 Å². The SMILES string of the molecule is Cc1cc(-c2ccc(/C=C3\SC(=O)N(Cc4ccc(F)cc4Cl)C3=O)o2)ccc1[N+](=O)[O-]. The molecule has 1 aliphatic rings. The molecule has 1 aliphatic heterocycles. The third-order valence-corrected chi connectivity index (χ3v) is 6.05. The van der Waals surface area contributed by atoms with Gasteiger partial charge in [-0.15, -0.1) is 0 Å². The molecule has 0 unspecified atom stereocenters. The molecule has 2 heterocycles. The van der Waals surface area contributed by atoms with E-state index < -0.39 is 21.9 Å². The fourth-order valence-corrected chi connectivity index (χ4v) is 4.23. The van der Waals surface area contributed by atoms with Gasteiger partial charge in [0.2, 0.25) is 0 Å². The van der Waals surface area contributed by atoms with E-state index in [9.17, 15) is 24.1 Å². The Hall–Kier alpha value is -3.43. The fourth-order valence-electron chi connectivity index (χ4n) is 3.18. The number of halogens is 2. The monoisotopic (exact) mass is 472 g/mol.